The molecule has 1 aromatic rings. The number of rotatable bonds is 3. The molecule has 0 saturated heterocycles. The Morgan fingerprint density at radius 2 is 2.00 bits per heavy atom. The fourth-order valence-electron chi connectivity index (χ4n) is 4.86. The van der Waals surface area contributed by atoms with E-state index in [1.807, 2.05) is 0 Å². The van der Waals surface area contributed by atoms with E-state index in [2.05, 4.69) is 35.8 Å². The molecule has 2 heteroatoms. The van der Waals surface area contributed by atoms with Crippen molar-refractivity contribution in [3.05, 3.63) is 47.0 Å². The molecule has 1 fully saturated rings. The van der Waals surface area contributed by atoms with Gasteiger partial charge in [0.25, 0.3) is 0 Å². The van der Waals surface area contributed by atoms with Gasteiger partial charge in [-0.15, -0.1) is 0 Å². The predicted octanol–water partition coefficient (Wildman–Crippen LogP) is 3.68. The van der Waals surface area contributed by atoms with Gasteiger partial charge >= 0.3 is 0 Å². The summed E-state index contributed by atoms with van der Waals surface area (Å²) in [7, 11) is 0. The number of hydrogen-bond donors (Lipinski definition) is 2. The molecular formula is C19H26N2. The van der Waals surface area contributed by atoms with Crippen molar-refractivity contribution < 1.29 is 0 Å². The van der Waals surface area contributed by atoms with Crippen molar-refractivity contribution >= 4 is 0 Å². The monoisotopic (exact) mass is 282 g/mol. The summed E-state index contributed by atoms with van der Waals surface area (Å²) in [5.41, 5.74) is 7.95. The highest BCUT2D eigenvalue weighted by Crippen LogP contribution is 2.62. The first kappa shape index (κ1) is 13.5. The van der Waals surface area contributed by atoms with Crippen LogP contribution in [0.25, 0.3) is 0 Å². The van der Waals surface area contributed by atoms with Crippen LogP contribution in [0.3, 0.4) is 0 Å². The molecule has 3 aliphatic rings. The number of nitrogens with one attached hydrogen (secondary N) is 1. The molecule has 0 radical (unpaired) electrons. The molecule has 1 saturated carbocycles. The second-order valence-corrected chi connectivity index (χ2v) is 7.03. The van der Waals surface area contributed by atoms with Gasteiger partial charge in [-0.25, -0.2) is 0 Å². The lowest BCUT2D eigenvalue weighted by Gasteiger charge is -2.20. The molecular weight excluding hydrogens is 256 g/mol. The average molecular weight is 282 g/mol. The van der Waals surface area contributed by atoms with E-state index in [1.165, 1.54) is 44.9 Å². The summed E-state index contributed by atoms with van der Waals surface area (Å²) in [4.78, 5) is 0. The molecule has 2 nitrogen and oxygen atoms in total. The number of allylic oxidation sites excluding steroid dienone is 1. The number of fused-ring (bicyclic) bond motifs is 3. The summed E-state index contributed by atoms with van der Waals surface area (Å²) < 4.78 is 0. The Labute approximate surface area is 127 Å². The second kappa shape index (κ2) is 5.58. The Bertz CT molecular complexity index is 548. The van der Waals surface area contributed by atoms with Crippen molar-refractivity contribution in [2.45, 2.75) is 56.9 Å². The zero-order valence-corrected chi connectivity index (χ0v) is 12.7. The Morgan fingerprint density at radius 1 is 1.10 bits per heavy atom. The van der Waals surface area contributed by atoms with E-state index < -0.39 is 0 Å². The highest BCUT2D eigenvalue weighted by atomic mass is 15.2. The van der Waals surface area contributed by atoms with Gasteiger partial charge in [-0.3, -0.25) is 11.3 Å². The van der Waals surface area contributed by atoms with Gasteiger partial charge < -0.3 is 0 Å². The molecule has 4 unspecified atom stereocenters. The normalized spacial score (nSPS) is 32.4. The van der Waals surface area contributed by atoms with Crippen LogP contribution < -0.4 is 11.3 Å². The summed E-state index contributed by atoms with van der Waals surface area (Å²) in [5, 5.41) is 0. The van der Waals surface area contributed by atoms with Crippen molar-refractivity contribution in [1.82, 2.24) is 5.43 Å². The Kier molecular flexibility index (Phi) is 3.60. The fourth-order valence-corrected chi connectivity index (χ4v) is 4.86. The third kappa shape index (κ3) is 2.35. The summed E-state index contributed by atoms with van der Waals surface area (Å²) in [6.45, 7) is 0. The van der Waals surface area contributed by atoms with Crippen LogP contribution in [0, 0.1) is 11.8 Å². The van der Waals surface area contributed by atoms with Gasteiger partial charge in [0.1, 0.15) is 0 Å². The van der Waals surface area contributed by atoms with E-state index in [-0.39, 0.29) is 0 Å². The highest BCUT2D eigenvalue weighted by Gasteiger charge is 2.56. The number of benzene rings is 1. The fraction of sp³-hybridized carbons (Fsp3) is 0.579. The lowest BCUT2D eigenvalue weighted by molar-refractivity contribution is 0.480. The SMILES string of the molecule is NNC(C1=CCCCCC1)C1C2CCc3ccccc3C21. The van der Waals surface area contributed by atoms with Crippen molar-refractivity contribution in [3.63, 3.8) is 0 Å². The van der Waals surface area contributed by atoms with Gasteiger partial charge in [-0.05, 0) is 67.4 Å². The standard InChI is InChI=1S/C19H26N2/c20-21-19(14-8-3-1-2-4-9-14)18-16-12-11-13-7-5-6-10-15(13)17(16)18/h5-8,10,16-19,21H,1-4,9,11-12,20H2. The molecule has 4 rings (SSSR count). The average Bonchev–Trinajstić information content (AvgIpc) is 3.29. The third-order valence-electron chi connectivity index (χ3n) is 5.93. The van der Waals surface area contributed by atoms with Crippen LogP contribution in [0.5, 0.6) is 0 Å². The largest absolute Gasteiger partial charge is 0.271 e. The Morgan fingerprint density at radius 3 is 2.90 bits per heavy atom. The zero-order valence-electron chi connectivity index (χ0n) is 12.7. The van der Waals surface area contributed by atoms with Crippen molar-refractivity contribution in [2.75, 3.05) is 0 Å². The van der Waals surface area contributed by atoms with Gasteiger partial charge in [-0.1, -0.05) is 42.3 Å². The molecule has 4 atom stereocenters. The molecule has 0 heterocycles. The van der Waals surface area contributed by atoms with Gasteiger partial charge in [-0.2, -0.15) is 0 Å². The third-order valence-corrected chi connectivity index (χ3v) is 5.93. The molecule has 21 heavy (non-hydrogen) atoms. The van der Waals surface area contributed by atoms with Gasteiger partial charge in [0.05, 0.1) is 0 Å². The highest BCUT2D eigenvalue weighted by molar-refractivity contribution is 5.41. The number of aryl methyl sites for hydroxylation is 1. The molecule has 3 N–H and O–H groups in total. The molecule has 1 aromatic carbocycles. The predicted molar refractivity (Wildman–Crippen MR) is 86.8 cm³/mol. The van der Waals surface area contributed by atoms with Crippen molar-refractivity contribution in [2.24, 2.45) is 17.7 Å². The second-order valence-electron chi connectivity index (χ2n) is 7.03. The first-order valence-electron chi connectivity index (χ1n) is 8.63. The summed E-state index contributed by atoms with van der Waals surface area (Å²) in [5.74, 6) is 8.31. The maximum Gasteiger partial charge on any atom is 0.0456 e. The molecule has 112 valence electrons. The van der Waals surface area contributed by atoms with E-state index in [0.29, 0.717) is 6.04 Å². The van der Waals surface area contributed by atoms with Crippen LogP contribution in [0.15, 0.2) is 35.9 Å². The van der Waals surface area contributed by atoms with E-state index in [0.717, 1.165) is 17.8 Å². The minimum Gasteiger partial charge on any atom is -0.271 e. The number of hydrogen-bond acceptors (Lipinski definition) is 2. The maximum atomic E-state index is 5.98. The smallest absolute Gasteiger partial charge is 0.0456 e. The first-order valence-corrected chi connectivity index (χ1v) is 8.63. The first-order chi connectivity index (χ1) is 10.4. The molecule has 0 amide bonds. The molecule has 0 aliphatic heterocycles. The lowest BCUT2D eigenvalue weighted by atomic mass is 9.92. The van der Waals surface area contributed by atoms with E-state index in [1.54, 1.807) is 16.7 Å². The van der Waals surface area contributed by atoms with E-state index in [4.69, 9.17) is 5.84 Å². The Hall–Kier alpha value is -1.12. The summed E-state index contributed by atoms with van der Waals surface area (Å²) in [6.07, 6.45) is 11.6. The van der Waals surface area contributed by atoms with Crippen LogP contribution >= 0.6 is 0 Å². The van der Waals surface area contributed by atoms with Gasteiger partial charge in [0.2, 0.25) is 0 Å². The molecule has 0 aromatic heterocycles. The molecule has 0 bridgehead atoms. The van der Waals surface area contributed by atoms with Crippen molar-refractivity contribution in [1.29, 1.82) is 0 Å². The van der Waals surface area contributed by atoms with E-state index in [9.17, 15) is 0 Å². The van der Waals surface area contributed by atoms with Gasteiger partial charge in [0, 0.05) is 6.04 Å². The van der Waals surface area contributed by atoms with Crippen LogP contribution in [-0.2, 0) is 6.42 Å². The lowest BCUT2D eigenvalue weighted by Crippen LogP contribution is -2.39. The van der Waals surface area contributed by atoms with E-state index >= 15 is 0 Å². The number of nitrogens with two attached hydrogens (primary N) is 1. The maximum absolute atomic E-state index is 5.98. The van der Waals surface area contributed by atoms with Crippen LogP contribution in [0.2, 0.25) is 0 Å². The topological polar surface area (TPSA) is 38.0 Å². The van der Waals surface area contributed by atoms with Crippen molar-refractivity contribution in [3.8, 4) is 0 Å². The van der Waals surface area contributed by atoms with Crippen LogP contribution in [-0.4, -0.2) is 6.04 Å². The van der Waals surface area contributed by atoms with Crippen LogP contribution in [0.4, 0.5) is 0 Å². The minimum absolute atomic E-state index is 0.407. The van der Waals surface area contributed by atoms with Gasteiger partial charge in [0.15, 0.2) is 0 Å². The quantitative estimate of drug-likeness (QED) is 0.504. The molecule has 0 spiro atoms. The minimum atomic E-state index is 0.407. The zero-order chi connectivity index (χ0) is 14.2. The number of hydrazine groups is 1. The molecule has 3 aliphatic carbocycles. The summed E-state index contributed by atoms with van der Waals surface area (Å²) >= 11 is 0. The van der Waals surface area contributed by atoms with Crippen LogP contribution in [0.1, 0.15) is 55.6 Å². The summed E-state index contributed by atoms with van der Waals surface area (Å²) in [6, 6.07) is 9.46. The Balaban J connectivity index is 1.58.